The number of fused-ring (bicyclic) bond motifs is 1. The third kappa shape index (κ3) is 6.40. The molecular weight excluding hydrogens is 466 g/mol. The predicted molar refractivity (Wildman–Crippen MR) is 150 cm³/mol. The van der Waals surface area contributed by atoms with Gasteiger partial charge in [0.05, 0.1) is 4.91 Å². The summed E-state index contributed by atoms with van der Waals surface area (Å²) in [5, 5.41) is 3.46. The van der Waals surface area contributed by atoms with E-state index in [9.17, 15) is 9.59 Å². The summed E-state index contributed by atoms with van der Waals surface area (Å²) >= 11 is 1.75. The molecular formula is C30H39N3O2S. The summed E-state index contributed by atoms with van der Waals surface area (Å²) in [6.45, 7) is 10.5. The molecule has 1 saturated heterocycles. The maximum Gasteiger partial charge on any atom is 0.260 e. The molecule has 0 radical (unpaired) electrons. The lowest BCUT2D eigenvalue weighted by atomic mass is 9.92. The molecule has 4 rings (SSSR count). The van der Waals surface area contributed by atoms with Crippen LogP contribution in [0.25, 0.3) is 6.08 Å². The quantitative estimate of drug-likeness (QED) is 0.458. The zero-order valence-electron chi connectivity index (χ0n) is 21.8. The second kappa shape index (κ2) is 12.6. The van der Waals surface area contributed by atoms with Gasteiger partial charge in [-0.1, -0.05) is 63.1 Å². The molecule has 1 N–H and O–H groups in total. The fraction of sp³-hybridized carbons (Fsp3) is 0.467. The van der Waals surface area contributed by atoms with Gasteiger partial charge in [-0.3, -0.25) is 9.59 Å². The highest BCUT2D eigenvalue weighted by Gasteiger charge is 2.40. The second-order valence-corrected chi connectivity index (χ2v) is 11.1. The minimum Gasteiger partial charge on any atom is -0.351 e. The summed E-state index contributed by atoms with van der Waals surface area (Å²) in [4.78, 5) is 31.4. The lowest BCUT2D eigenvalue weighted by Gasteiger charge is -2.44. The molecule has 1 aliphatic heterocycles. The van der Waals surface area contributed by atoms with E-state index in [2.05, 4.69) is 60.2 Å². The topological polar surface area (TPSA) is 52.7 Å². The van der Waals surface area contributed by atoms with Crippen molar-refractivity contribution < 1.29 is 9.59 Å². The number of nitrogens with zero attached hydrogens (tertiary/aromatic N) is 2. The first-order chi connectivity index (χ1) is 17.5. The number of likely N-dealkylation sites (N-methyl/N-ethyl adjacent to an activating group) is 1. The maximum atomic E-state index is 13.7. The van der Waals surface area contributed by atoms with Gasteiger partial charge in [0.2, 0.25) is 0 Å². The number of nitrogens with one attached hydrogen (secondary N) is 1. The standard InChI is InChI=1S/C30H39N3O2S/c1-4-32(5-2)19-18-31-29(34)24-16-14-23(15-17-24)20-28-30(35)33(21-25-11-7-6-10-22(25)3)26-12-8-9-13-27(26)36-28/h6-7,10-11,14-17,20,26-27H,4-5,8-9,12-13,18-19,21H2,1-3H3,(H,31,34)/b28-20+. The number of thioether (sulfide) groups is 1. The van der Waals surface area contributed by atoms with Gasteiger partial charge in [0, 0.05) is 36.5 Å². The molecule has 0 aromatic heterocycles. The van der Waals surface area contributed by atoms with Crippen molar-refractivity contribution in [2.24, 2.45) is 0 Å². The molecule has 2 unspecified atom stereocenters. The molecule has 6 heteroatoms. The molecule has 1 saturated carbocycles. The van der Waals surface area contributed by atoms with Crippen molar-refractivity contribution in [1.82, 2.24) is 15.1 Å². The van der Waals surface area contributed by atoms with Gasteiger partial charge in [-0.25, -0.2) is 0 Å². The first kappa shape index (κ1) is 26.5. The largest absolute Gasteiger partial charge is 0.351 e. The zero-order valence-corrected chi connectivity index (χ0v) is 22.7. The van der Waals surface area contributed by atoms with Crippen LogP contribution in [0.5, 0.6) is 0 Å². The third-order valence-corrected chi connectivity index (χ3v) is 8.90. The minimum absolute atomic E-state index is 0.0565. The summed E-state index contributed by atoms with van der Waals surface area (Å²) in [7, 11) is 0. The monoisotopic (exact) mass is 505 g/mol. The molecule has 1 aliphatic carbocycles. The first-order valence-corrected chi connectivity index (χ1v) is 14.2. The van der Waals surface area contributed by atoms with Crippen LogP contribution in [0.2, 0.25) is 0 Å². The number of hydrogen-bond donors (Lipinski definition) is 1. The lowest BCUT2D eigenvalue weighted by Crippen LogP contribution is -2.50. The van der Waals surface area contributed by atoms with E-state index < -0.39 is 0 Å². The Morgan fingerprint density at radius 1 is 1.08 bits per heavy atom. The van der Waals surface area contributed by atoms with Crippen molar-refractivity contribution in [3.8, 4) is 0 Å². The van der Waals surface area contributed by atoms with Crippen LogP contribution in [-0.4, -0.2) is 59.1 Å². The van der Waals surface area contributed by atoms with Crippen LogP contribution < -0.4 is 5.32 Å². The van der Waals surface area contributed by atoms with Gasteiger partial charge in [-0.2, -0.15) is 0 Å². The molecule has 36 heavy (non-hydrogen) atoms. The van der Waals surface area contributed by atoms with Crippen LogP contribution in [0.15, 0.2) is 53.4 Å². The second-order valence-electron chi connectivity index (χ2n) is 9.78. The van der Waals surface area contributed by atoms with Gasteiger partial charge in [0.15, 0.2) is 0 Å². The van der Waals surface area contributed by atoms with Crippen LogP contribution in [0, 0.1) is 6.92 Å². The summed E-state index contributed by atoms with van der Waals surface area (Å²) < 4.78 is 0. The Morgan fingerprint density at radius 3 is 2.53 bits per heavy atom. The van der Waals surface area contributed by atoms with Crippen LogP contribution >= 0.6 is 11.8 Å². The normalized spacial score (nSPS) is 21.1. The Kier molecular flexibility index (Phi) is 9.27. The molecule has 2 aromatic rings. The van der Waals surface area contributed by atoms with Crippen LogP contribution in [0.1, 0.15) is 66.6 Å². The molecule has 2 aromatic carbocycles. The average Bonchev–Trinajstić information content (AvgIpc) is 2.90. The summed E-state index contributed by atoms with van der Waals surface area (Å²) in [5.74, 6) is 0.0727. The van der Waals surface area contributed by atoms with Gasteiger partial charge >= 0.3 is 0 Å². The van der Waals surface area contributed by atoms with E-state index in [0.717, 1.165) is 42.9 Å². The number of carbonyl (C=O) groups excluding carboxylic acids is 2. The van der Waals surface area contributed by atoms with Crippen molar-refractivity contribution in [2.75, 3.05) is 26.2 Å². The Labute approximate surface area is 220 Å². The van der Waals surface area contributed by atoms with Gasteiger partial charge in [-0.05, 0) is 67.8 Å². The fourth-order valence-corrected chi connectivity index (χ4v) is 6.66. The van der Waals surface area contributed by atoms with Crippen molar-refractivity contribution >= 4 is 29.7 Å². The Balaban J connectivity index is 1.46. The van der Waals surface area contributed by atoms with Crippen LogP contribution in [-0.2, 0) is 11.3 Å². The van der Waals surface area contributed by atoms with Crippen LogP contribution in [0.3, 0.4) is 0 Å². The Hall–Kier alpha value is -2.57. The molecule has 5 nitrogen and oxygen atoms in total. The highest BCUT2D eigenvalue weighted by Crippen LogP contribution is 2.42. The maximum absolute atomic E-state index is 13.7. The van der Waals surface area contributed by atoms with Gasteiger partial charge in [-0.15, -0.1) is 11.8 Å². The van der Waals surface area contributed by atoms with E-state index in [4.69, 9.17) is 0 Å². The number of rotatable bonds is 9. The number of hydrogen-bond acceptors (Lipinski definition) is 4. The molecule has 0 spiro atoms. The van der Waals surface area contributed by atoms with Crippen molar-refractivity contribution in [3.05, 3.63) is 75.7 Å². The van der Waals surface area contributed by atoms with Gasteiger partial charge in [0.1, 0.15) is 0 Å². The summed E-state index contributed by atoms with van der Waals surface area (Å²) in [6, 6.07) is 16.3. The number of amides is 2. The number of benzene rings is 2. The molecule has 2 aliphatic rings. The SMILES string of the molecule is CCN(CC)CCNC(=O)c1ccc(/C=C2/SC3CCCCC3N(Cc3ccccc3C)C2=O)cc1. The molecule has 192 valence electrons. The molecule has 2 amide bonds. The zero-order chi connectivity index (χ0) is 25.5. The fourth-order valence-electron chi connectivity index (χ4n) is 5.18. The van der Waals surface area contributed by atoms with E-state index in [1.54, 1.807) is 11.8 Å². The highest BCUT2D eigenvalue weighted by molar-refractivity contribution is 8.04. The summed E-state index contributed by atoms with van der Waals surface area (Å²) in [6.07, 6.45) is 6.66. The van der Waals surface area contributed by atoms with Gasteiger partial charge in [0.25, 0.3) is 11.8 Å². The van der Waals surface area contributed by atoms with E-state index in [1.807, 2.05) is 30.3 Å². The van der Waals surface area contributed by atoms with Gasteiger partial charge < -0.3 is 15.1 Å². The van der Waals surface area contributed by atoms with Crippen molar-refractivity contribution in [3.63, 3.8) is 0 Å². The van der Waals surface area contributed by atoms with Crippen molar-refractivity contribution in [2.45, 2.75) is 64.3 Å². The molecule has 1 heterocycles. The van der Waals surface area contributed by atoms with Crippen LogP contribution in [0.4, 0.5) is 0 Å². The van der Waals surface area contributed by atoms with E-state index in [-0.39, 0.29) is 11.8 Å². The number of carbonyl (C=O) groups is 2. The minimum atomic E-state index is -0.0565. The third-order valence-electron chi connectivity index (χ3n) is 7.50. The predicted octanol–water partition coefficient (Wildman–Crippen LogP) is 5.49. The van der Waals surface area contributed by atoms with Crippen molar-refractivity contribution in [1.29, 1.82) is 0 Å². The van der Waals surface area contributed by atoms with E-state index >= 15 is 0 Å². The smallest absolute Gasteiger partial charge is 0.260 e. The Bertz CT molecular complexity index is 1080. The molecule has 2 atom stereocenters. The first-order valence-electron chi connectivity index (χ1n) is 13.3. The average molecular weight is 506 g/mol. The molecule has 2 fully saturated rings. The summed E-state index contributed by atoms with van der Waals surface area (Å²) in [5.41, 5.74) is 4.05. The Morgan fingerprint density at radius 2 is 1.81 bits per heavy atom. The number of aryl methyl sites for hydroxylation is 1. The highest BCUT2D eigenvalue weighted by atomic mass is 32.2. The lowest BCUT2D eigenvalue weighted by molar-refractivity contribution is -0.130. The van der Waals surface area contributed by atoms with E-state index in [0.29, 0.717) is 29.9 Å². The molecule has 0 bridgehead atoms. The van der Waals surface area contributed by atoms with E-state index in [1.165, 1.54) is 24.0 Å².